The van der Waals surface area contributed by atoms with Crippen molar-refractivity contribution in [1.82, 2.24) is 9.97 Å². The van der Waals surface area contributed by atoms with Crippen molar-refractivity contribution >= 4 is 11.8 Å². The quantitative estimate of drug-likeness (QED) is 0.589. The summed E-state index contributed by atoms with van der Waals surface area (Å²) in [5.74, 6) is 0.995. The molecule has 0 saturated carbocycles. The summed E-state index contributed by atoms with van der Waals surface area (Å²) in [6, 6.07) is 0. The predicted octanol–water partition coefficient (Wildman–Crippen LogP) is 0.418. The summed E-state index contributed by atoms with van der Waals surface area (Å²) in [5.41, 5.74) is 0.959. The van der Waals surface area contributed by atoms with Crippen LogP contribution in [0, 0.1) is 0 Å². The van der Waals surface area contributed by atoms with Gasteiger partial charge in [0.1, 0.15) is 0 Å². The molecular formula is C6H6N2OS. The highest BCUT2D eigenvalue weighted by atomic mass is 32.2. The Hall–Kier alpha value is -0.770. The number of H-pyrrole nitrogens is 1. The monoisotopic (exact) mass is 154 g/mol. The van der Waals surface area contributed by atoms with Crippen LogP contribution in [0.3, 0.4) is 0 Å². The molecule has 3 nitrogen and oxygen atoms in total. The minimum absolute atomic E-state index is 0.00694. The third kappa shape index (κ3) is 0.759. The van der Waals surface area contributed by atoms with Crippen LogP contribution in [0.25, 0.3) is 0 Å². The SMILES string of the molecule is O=c1[nH]cnc2c1SCC2. The number of nitrogens with zero attached hydrogens (tertiary/aromatic N) is 1. The van der Waals surface area contributed by atoms with Crippen molar-refractivity contribution in [2.45, 2.75) is 11.3 Å². The third-order valence-electron chi connectivity index (χ3n) is 1.47. The molecule has 10 heavy (non-hydrogen) atoms. The molecule has 0 spiro atoms. The van der Waals surface area contributed by atoms with Crippen molar-refractivity contribution < 1.29 is 0 Å². The molecule has 0 aromatic carbocycles. The van der Waals surface area contributed by atoms with Crippen LogP contribution >= 0.6 is 11.8 Å². The number of nitrogens with one attached hydrogen (secondary N) is 1. The van der Waals surface area contributed by atoms with E-state index in [1.54, 1.807) is 11.8 Å². The first-order valence-electron chi connectivity index (χ1n) is 3.07. The van der Waals surface area contributed by atoms with Crippen molar-refractivity contribution in [1.29, 1.82) is 0 Å². The van der Waals surface area contributed by atoms with Gasteiger partial charge in [0, 0.05) is 12.2 Å². The van der Waals surface area contributed by atoms with E-state index in [1.165, 1.54) is 6.33 Å². The van der Waals surface area contributed by atoms with Crippen molar-refractivity contribution in [3.63, 3.8) is 0 Å². The molecule has 0 aliphatic carbocycles. The highest BCUT2D eigenvalue weighted by Gasteiger charge is 2.14. The van der Waals surface area contributed by atoms with Crippen LogP contribution < -0.4 is 5.56 Å². The van der Waals surface area contributed by atoms with Gasteiger partial charge in [-0.05, 0) is 0 Å². The van der Waals surface area contributed by atoms with Crippen molar-refractivity contribution in [3.05, 3.63) is 22.4 Å². The van der Waals surface area contributed by atoms with Crippen LogP contribution in [-0.2, 0) is 6.42 Å². The predicted molar refractivity (Wildman–Crippen MR) is 39.3 cm³/mol. The number of aromatic amines is 1. The van der Waals surface area contributed by atoms with Gasteiger partial charge in [-0.1, -0.05) is 0 Å². The lowest BCUT2D eigenvalue weighted by Crippen LogP contribution is -2.08. The second-order valence-electron chi connectivity index (χ2n) is 2.11. The Morgan fingerprint density at radius 2 is 2.60 bits per heavy atom. The minimum atomic E-state index is 0.00694. The number of hydrogen-bond donors (Lipinski definition) is 1. The molecule has 2 heterocycles. The molecule has 1 aromatic heterocycles. The van der Waals surface area contributed by atoms with E-state index < -0.39 is 0 Å². The molecule has 1 N–H and O–H groups in total. The molecule has 0 atom stereocenters. The lowest BCUT2D eigenvalue weighted by molar-refractivity contribution is 0.945. The largest absolute Gasteiger partial charge is 0.312 e. The highest BCUT2D eigenvalue weighted by molar-refractivity contribution is 7.99. The smallest absolute Gasteiger partial charge is 0.264 e. The summed E-state index contributed by atoms with van der Waals surface area (Å²) in [7, 11) is 0. The van der Waals surface area contributed by atoms with Gasteiger partial charge in [0.2, 0.25) is 0 Å². The van der Waals surface area contributed by atoms with Crippen molar-refractivity contribution in [3.8, 4) is 0 Å². The Balaban J connectivity index is 2.70. The minimum Gasteiger partial charge on any atom is -0.312 e. The fourth-order valence-electron chi connectivity index (χ4n) is 1.00. The lowest BCUT2D eigenvalue weighted by Gasteiger charge is -1.90. The Bertz CT molecular complexity index is 307. The van der Waals surface area contributed by atoms with E-state index in [0.717, 1.165) is 22.8 Å². The standard InChI is InChI=1S/C6H6N2OS/c9-6-5-4(1-2-10-5)7-3-8-6/h3H,1-2H2,(H,7,8,9). The first-order chi connectivity index (χ1) is 4.88. The molecule has 0 saturated heterocycles. The molecule has 0 fully saturated rings. The van der Waals surface area contributed by atoms with Crippen LogP contribution in [0.2, 0.25) is 0 Å². The molecule has 1 aliphatic heterocycles. The van der Waals surface area contributed by atoms with Crippen LogP contribution in [0.4, 0.5) is 0 Å². The van der Waals surface area contributed by atoms with Crippen molar-refractivity contribution in [2.24, 2.45) is 0 Å². The Morgan fingerprint density at radius 1 is 1.70 bits per heavy atom. The summed E-state index contributed by atoms with van der Waals surface area (Å²) in [6.07, 6.45) is 2.40. The summed E-state index contributed by atoms with van der Waals surface area (Å²) in [6.45, 7) is 0. The number of thioether (sulfide) groups is 1. The average molecular weight is 154 g/mol. The molecule has 2 rings (SSSR count). The summed E-state index contributed by atoms with van der Waals surface area (Å²) < 4.78 is 0. The van der Waals surface area contributed by atoms with Crippen LogP contribution in [0.15, 0.2) is 16.0 Å². The van der Waals surface area contributed by atoms with Crippen LogP contribution in [0.1, 0.15) is 5.69 Å². The van der Waals surface area contributed by atoms with Gasteiger partial charge in [0.15, 0.2) is 0 Å². The van der Waals surface area contributed by atoms with E-state index >= 15 is 0 Å². The molecule has 52 valence electrons. The normalized spacial score (nSPS) is 15.2. The maximum atomic E-state index is 11.0. The number of aromatic nitrogens is 2. The van der Waals surface area contributed by atoms with E-state index in [1.807, 2.05) is 0 Å². The second kappa shape index (κ2) is 2.12. The van der Waals surface area contributed by atoms with Gasteiger partial charge in [-0.25, -0.2) is 4.98 Å². The fourth-order valence-corrected chi connectivity index (χ4v) is 2.01. The molecule has 4 heteroatoms. The van der Waals surface area contributed by atoms with E-state index in [9.17, 15) is 4.79 Å². The summed E-state index contributed by atoms with van der Waals surface area (Å²) >= 11 is 1.59. The Labute approximate surface area is 61.9 Å². The molecule has 0 bridgehead atoms. The first kappa shape index (κ1) is 5.97. The zero-order valence-corrected chi connectivity index (χ0v) is 6.07. The highest BCUT2D eigenvalue weighted by Crippen LogP contribution is 2.24. The van der Waals surface area contributed by atoms with Crippen molar-refractivity contribution in [2.75, 3.05) is 5.75 Å². The molecule has 0 amide bonds. The van der Waals surface area contributed by atoms with Gasteiger partial charge in [0.05, 0.1) is 16.9 Å². The summed E-state index contributed by atoms with van der Waals surface area (Å²) in [5, 5.41) is 0. The fraction of sp³-hybridized carbons (Fsp3) is 0.333. The zero-order valence-electron chi connectivity index (χ0n) is 5.26. The lowest BCUT2D eigenvalue weighted by atomic mass is 10.3. The Kier molecular flexibility index (Phi) is 1.27. The number of hydrogen-bond acceptors (Lipinski definition) is 3. The number of rotatable bonds is 0. The first-order valence-corrected chi connectivity index (χ1v) is 4.06. The molecule has 0 unspecified atom stereocenters. The molecule has 0 radical (unpaired) electrons. The molecular weight excluding hydrogens is 148 g/mol. The maximum absolute atomic E-state index is 11.0. The molecule has 1 aliphatic rings. The maximum Gasteiger partial charge on any atom is 0.264 e. The van der Waals surface area contributed by atoms with Crippen LogP contribution in [0.5, 0.6) is 0 Å². The van der Waals surface area contributed by atoms with Gasteiger partial charge < -0.3 is 4.98 Å². The van der Waals surface area contributed by atoms with E-state index in [-0.39, 0.29) is 5.56 Å². The van der Waals surface area contributed by atoms with Crippen LogP contribution in [-0.4, -0.2) is 15.7 Å². The van der Waals surface area contributed by atoms with Gasteiger partial charge in [-0.15, -0.1) is 11.8 Å². The van der Waals surface area contributed by atoms with E-state index in [4.69, 9.17) is 0 Å². The van der Waals surface area contributed by atoms with Gasteiger partial charge >= 0.3 is 0 Å². The average Bonchev–Trinajstić information content (AvgIpc) is 2.36. The van der Waals surface area contributed by atoms with E-state index in [0.29, 0.717) is 0 Å². The summed E-state index contributed by atoms with van der Waals surface area (Å²) in [4.78, 5) is 18.4. The van der Waals surface area contributed by atoms with Gasteiger partial charge in [-0.2, -0.15) is 0 Å². The zero-order chi connectivity index (χ0) is 6.97. The second-order valence-corrected chi connectivity index (χ2v) is 3.21. The molecule has 1 aromatic rings. The van der Waals surface area contributed by atoms with Gasteiger partial charge in [0.25, 0.3) is 5.56 Å². The van der Waals surface area contributed by atoms with E-state index in [2.05, 4.69) is 9.97 Å². The van der Waals surface area contributed by atoms with Gasteiger partial charge in [-0.3, -0.25) is 4.79 Å². The third-order valence-corrected chi connectivity index (χ3v) is 2.59. The number of fused-ring (bicyclic) bond motifs is 1. The topological polar surface area (TPSA) is 45.8 Å². The number of aryl methyl sites for hydroxylation is 1. The Morgan fingerprint density at radius 3 is 3.40 bits per heavy atom.